The molecule has 1 amide bonds. The molecule has 1 heterocycles. The fourth-order valence-corrected chi connectivity index (χ4v) is 3.05. The molecule has 1 saturated heterocycles. The Bertz CT molecular complexity index is 435. The van der Waals surface area contributed by atoms with Gasteiger partial charge in [0.25, 0.3) is 0 Å². The van der Waals surface area contributed by atoms with E-state index in [1.807, 2.05) is 0 Å². The maximum absolute atomic E-state index is 12.1. The third-order valence-electron chi connectivity index (χ3n) is 4.22. The van der Waals surface area contributed by atoms with E-state index < -0.39 is 0 Å². The van der Waals surface area contributed by atoms with Gasteiger partial charge in [-0.15, -0.1) is 0 Å². The van der Waals surface area contributed by atoms with E-state index in [1.165, 1.54) is 5.56 Å². The topological polar surface area (TPSA) is 58.4 Å². The number of nitrogens with one attached hydrogen (secondary N) is 1. The highest BCUT2D eigenvalue weighted by atomic mass is 16.1. The minimum atomic E-state index is 0.119. The van der Waals surface area contributed by atoms with Crippen LogP contribution >= 0.6 is 0 Å². The summed E-state index contributed by atoms with van der Waals surface area (Å²) in [6.07, 6.45) is 2.09. The lowest BCUT2D eigenvalue weighted by Gasteiger charge is -2.33. The third kappa shape index (κ3) is 4.83. The van der Waals surface area contributed by atoms with Crippen LogP contribution < -0.4 is 11.1 Å². The summed E-state index contributed by atoms with van der Waals surface area (Å²) in [6.45, 7) is 6.33. The van der Waals surface area contributed by atoms with Gasteiger partial charge in [0.15, 0.2) is 0 Å². The first kappa shape index (κ1) is 16.0. The maximum Gasteiger partial charge on any atom is 0.224 e. The van der Waals surface area contributed by atoms with Crippen LogP contribution in [0.3, 0.4) is 0 Å². The van der Waals surface area contributed by atoms with E-state index in [9.17, 15) is 4.79 Å². The maximum atomic E-state index is 12.1. The number of nitrogens with zero attached hydrogens (tertiary/aromatic N) is 1. The molecular weight excluding hydrogens is 262 g/mol. The highest BCUT2D eigenvalue weighted by Gasteiger charge is 2.26. The smallest absolute Gasteiger partial charge is 0.224 e. The molecule has 1 fully saturated rings. The molecule has 0 saturated carbocycles. The van der Waals surface area contributed by atoms with Gasteiger partial charge in [-0.3, -0.25) is 4.79 Å². The van der Waals surface area contributed by atoms with Crippen molar-refractivity contribution in [2.75, 3.05) is 32.7 Å². The van der Waals surface area contributed by atoms with Crippen molar-refractivity contribution >= 4 is 5.91 Å². The Labute approximate surface area is 127 Å². The van der Waals surface area contributed by atoms with Gasteiger partial charge >= 0.3 is 0 Å². The summed E-state index contributed by atoms with van der Waals surface area (Å²) in [5, 5.41) is 2.92. The van der Waals surface area contributed by atoms with E-state index in [2.05, 4.69) is 47.5 Å². The Balaban J connectivity index is 1.85. The van der Waals surface area contributed by atoms with Crippen molar-refractivity contribution in [3.8, 4) is 0 Å². The first-order valence-electron chi connectivity index (χ1n) is 7.95. The number of carbonyl (C=O) groups excluding carboxylic acids is 1. The zero-order valence-electron chi connectivity index (χ0n) is 12.9. The molecule has 0 spiro atoms. The molecule has 1 aromatic carbocycles. The van der Waals surface area contributed by atoms with E-state index in [1.54, 1.807) is 0 Å². The molecule has 1 aliphatic heterocycles. The first-order valence-corrected chi connectivity index (χ1v) is 7.95. The van der Waals surface area contributed by atoms with Crippen LogP contribution in [-0.2, 0) is 4.79 Å². The van der Waals surface area contributed by atoms with E-state index in [0.29, 0.717) is 19.0 Å². The molecule has 4 nitrogen and oxygen atoms in total. The molecule has 4 heteroatoms. The molecule has 0 aromatic heterocycles. The minimum absolute atomic E-state index is 0.119. The number of likely N-dealkylation sites (tertiary alicyclic amines) is 1. The fourth-order valence-electron chi connectivity index (χ4n) is 3.05. The van der Waals surface area contributed by atoms with Gasteiger partial charge in [-0.25, -0.2) is 0 Å². The SMILES string of the molecule is CC(CN1CCCC(C(=O)NCCN)C1)c1ccccc1. The number of benzene rings is 1. The van der Waals surface area contributed by atoms with Gasteiger partial charge in [0.05, 0.1) is 5.92 Å². The number of amides is 1. The number of rotatable bonds is 6. The lowest BCUT2D eigenvalue weighted by Crippen LogP contribution is -2.44. The second-order valence-electron chi connectivity index (χ2n) is 5.99. The van der Waals surface area contributed by atoms with Crippen LogP contribution in [0.2, 0.25) is 0 Å². The summed E-state index contributed by atoms with van der Waals surface area (Å²) >= 11 is 0. The van der Waals surface area contributed by atoms with Crippen molar-refractivity contribution in [3.63, 3.8) is 0 Å². The molecule has 2 atom stereocenters. The van der Waals surface area contributed by atoms with E-state index in [4.69, 9.17) is 5.73 Å². The lowest BCUT2D eigenvalue weighted by molar-refractivity contribution is -0.126. The van der Waals surface area contributed by atoms with E-state index in [0.717, 1.165) is 32.5 Å². The Morgan fingerprint density at radius 2 is 2.19 bits per heavy atom. The van der Waals surface area contributed by atoms with Crippen LogP contribution in [0.5, 0.6) is 0 Å². The Morgan fingerprint density at radius 1 is 1.43 bits per heavy atom. The van der Waals surface area contributed by atoms with Crippen LogP contribution in [0.4, 0.5) is 0 Å². The number of nitrogens with two attached hydrogens (primary N) is 1. The quantitative estimate of drug-likeness (QED) is 0.836. The summed E-state index contributed by atoms with van der Waals surface area (Å²) in [5.74, 6) is 0.780. The molecule has 2 rings (SSSR count). The summed E-state index contributed by atoms with van der Waals surface area (Å²) in [7, 11) is 0. The van der Waals surface area contributed by atoms with Gasteiger partial charge in [0.2, 0.25) is 5.91 Å². The zero-order valence-corrected chi connectivity index (χ0v) is 12.9. The average molecular weight is 289 g/mol. The lowest BCUT2D eigenvalue weighted by atomic mass is 9.94. The number of carbonyl (C=O) groups is 1. The van der Waals surface area contributed by atoms with Crippen molar-refractivity contribution in [1.82, 2.24) is 10.2 Å². The average Bonchev–Trinajstić information content (AvgIpc) is 2.53. The predicted molar refractivity (Wildman–Crippen MR) is 86.1 cm³/mol. The minimum Gasteiger partial charge on any atom is -0.355 e. The molecule has 1 aromatic rings. The van der Waals surface area contributed by atoms with Gasteiger partial charge in [0, 0.05) is 26.2 Å². The Kier molecular flexibility index (Phi) is 6.21. The monoisotopic (exact) mass is 289 g/mol. The van der Waals surface area contributed by atoms with Crippen molar-refractivity contribution < 1.29 is 4.79 Å². The van der Waals surface area contributed by atoms with Gasteiger partial charge < -0.3 is 16.0 Å². The summed E-state index contributed by atoms with van der Waals surface area (Å²) in [6, 6.07) is 10.6. The molecule has 0 aliphatic carbocycles. The molecule has 116 valence electrons. The van der Waals surface area contributed by atoms with E-state index >= 15 is 0 Å². The molecule has 2 unspecified atom stereocenters. The molecule has 0 bridgehead atoms. The molecule has 3 N–H and O–H groups in total. The van der Waals surface area contributed by atoms with Crippen LogP contribution in [-0.4, -0.2) is 43.5 Å². The summed E-state index contributed by atoms with van der Waals surface area (Å²) in [5.41, 5.74) is 6.81. The Morgan fingerprint density at radius 3 is 2.90 bits per heavy atom. The first-order chi connectivity index (χ1) is 10.2. The number of piperidine rings is 1. The number of hydrogen-bond acceptors (Lipinski definition) is 3. The normalized spacial score (nSPS) is 21.0. The molecule has 21 heavy (non-hydrogen) atoms. The van der Waals surface area contributed by atoms with Crippen molar-refractivity contribution in [3.05, 3.63) is 35.9 Å². The summed E-state index contributed by atoms with van der Waals surface area (Å²) in [4.78, 5) is 14.5. The second kappa shape index (κ2) is 8.15. The standard InChI is InChI=1S/C17H27N3O/c1-14(15-6-3-2-4-7-15)12-20-11-5-8-16(13-20)17(21)19-10-9-18/h2-4,6-7,14,16H,5,8-13,18H2,1H3,(H,19,21). The third-order valence-corrected chi connectivity index (χ3v) is 4.22. The van der Waals surface area contributed by atoms with Gasteiger partial charge in [-0.1, -0.05) is 37.3 Å². The molecular formula is C17H27N3O. The Hall–Kier alpha value is -1.39. The zero-order chi connectivity index (χ0) is 15.1. The van der Waals surface area contributed by atoms with Gasteiger partial charge in [-0.05, 0) is 30.9 Å². The highest BCUT2D eigenvalue weighted by Crippen LogP contribution is 2.21. The largest absolute Gasteiger partial charge is 0.355 e. The van der Waals surface area contributed by atoms with E-state index in [-0.39, 0.29) is 11.8 Å². The fraction of sp³-hybridized carbons (Fsp3) is 0.588. The van der Waals surface area contributed by atoms with Crippen LogP contribution in [0.25, 0.3) is 0 Å². The highest BCUT2D eigenvalue weighted by molar-refractivity contribution is 5.78. The predicted octanol–water partition coefficient (Wildman–Crippen LogP) is 1.58. The summed E-state index contributed by atoms with van der Waals surface area (Å²) < 4.78 is 0. The second-order valence-corrected chi connectivity index (χ2v) is 5.99. The van der Waals surface area contributed by atoms with Crippen LogP contribution in [0, 0.1) is 5.92 Å². The molecule has 0 radical (unpaired) electrons. The van der Waals surface area contributed by atoms with Crippen molar-refractivity contribution in [2.24, 2.45) is 11.7 Å². The van der Waals surface area contributed by atoms with Crippen LogP contribution in [0.1, 0.15) is 31.2 Å². The van der Waals surface area contributed by atoms with Gasteiger partial charge in [0.1, 0.15) is 0 Å². The van der Waals surface area contributed by atoms with Crippen LogP contribution in [0.15, 0.2) is 30.3 Å². The molecule has 1 aliphatic rings. The van der Waals surface area contributed by atoms with Crippen molar-refractivity contribution in [1.29, 1.82) is 0 Å². The van der Waals surface area contributed by atoms with Gasteiger partial charge in [-0.2, -0.15) is 0 Å². The van der Waals surface area contributed by atoms with Crippen molar-refractivity contribution in [2.45, 2.75) is 25.7 Å². The number of hydrogen-bond donors (Lipinski definition) is 2.